The van der Waals surface area contributed by atoms with Crippen molar-refractivity contribution in [3.05, 3.63) is 92.9 Å². The Morgan fingerprint density at radius 2 is 1.82 bits per heavy atom. The second kappa shape index (κ2) is 9.75. The number of thiophene rings is 1. The third kappa shape index (κ3) is 4.20. The third-order valence-electron chi connectivity index (χ3n) is 6.24. The van der Waals surface area contributed by atoms with E-state index >= 15 is 0 Å². The minimum atomic E-state index is -0.739. The molecular weight excluding hydrogens is 511 g/mol. The summed E-state index contributed by atoms with van der Waals surface area (Å²) >= 11 is 1.25. The monoisotopic (exact) mass is 534 g/mol. The second-order valence-electron chi connectivity index (χ2n) is 8.61. The van der Waals surface area contributed by atoms with E-state index in [0.717, 1.165) is 26.4 Å². The van der Waals surface area contributed by atoms with Crippen molar-refractivity contribution >= 4 is 27.5 Å². The summed E-state index contributed by atoms with van der Waals surface area (Å²) in [5.41, 5.74) is 2.09. The standard InChI is InChI=1S/C27H23FN4O5S/c1-15-12-30(14-29-15)20-10-5-17(11-21(20)36-3)24-16(2)23-25(34)31(13-22(33)37-4)27(35)32(26(23)38-24)19-8-6-18(28)7-9-19/h5-12,14H,13H2,1-4H3. The van der Waals surface area contributed by atoms with Crippen molar-refractivity contribution in [1.82, 2.24) is 18.7 Å². The molecular formula is C27H23FN4O5S. The highest BCUT2D eigenvalue weighted by molar-refractivity contribution is 7.22. The molecule has 11 heteroatoms. The van der Waals surface area contributed by atoms with Gasteiger partial charge in [0, 0.05) is 11.1 Å². The molecule has 0 bridgehead atoms. The van der Waals surface area contributed by atoms with E-state index < -0.39 is 29.6 Å². The zero-order chi connectivity index (χ0) is 27.1. The molecule has 0 atom stereocenters. The number of aromatic nitrogens is 4. The summed E-state index contributed by atoms with van der Waals surface area (Å²) in [6.07, 6.45) is 3.58. The smallest absolute Gasteiger partial charge is 0.337 e. The van der Waals surface area contributed by atoms with Gasteiger partial charge in [-0.2, -0.15) is 0 Å². The van der Waals surface area contributed by atoms with Crippen LogP contribution in [0.1, 0.15) is 11.3 Å². The summed E-state index contributed by atoms with van der Waals surface area (Å²) in [6.45, 7) is 3.13. The maximum absolute atomic E-state index is 13.7. The maximum Gasteiger partial charge on any atom is 0.337 e. The van der Waals surface area contributed by atoms with E-state index in [1.165, 1.54) is 47.3 Å². The summed E-state index contributed by atoms with van der Waals surface area (Å²) in [4.78, 5) is 44.5. The molecule has 0 aliphatic carbocycles. The minimum Gasteiger partial charge on any atom is -0.495 e. The van der Waals surface area contributed by atoms with Crippen LogP contribution in [-0.4, -0.2) is 38.9 Å². The molecule has 0 fully saturated rings. The summed E-state index contributed by atoms with van der Waals surface area (Å²) in [7, 11) is 2.75. The van der Waals surface area contributed by atoms with Crippen LogP contribution < -0.4 is 16.0 Å². The van der Waals surface area contributed by atoms with E-state index in [0.29, 0.717) is 21.8 Å². The molecule has 0 saturated heterocycles. The predicted octanol–water partition coefficient (Wildman–Crippen LogP) is 4.00. The Balaban J connectivity index is 1.78. The van der Waals surface area contributed by atoms with E-state index in [1.54, 1.807) is 20.4 Å². The molecule has 0 amide bonds. The zero-order valence-corrected chi connectivity index (χ0v) is 21.8. The van der Waals surface area contributed by atoms with Crippen LogP contribution in [-0.2, 0) is 16.1 Å². The Hall–Kier alpha value is -4.51. The normalized spacial score (nSPS) is 11.2. The minimum absolute atomic E-state index is 0.283. The number of carbonyl (C=O) groups is 1. The van der Waals surface area contributed by atoms with Gasteiger partial charge in [0.15, 0.2) is 0 Å². The van der Waals surface area contributed by atoms with Gasteiger partial charge in [0.25, 0.3) is 5.56 Å². The molecule has 38 heavy (non-hydrogen) atoms. The van der Waals surface area contributed by atoms with Gasteiger partial charge in [0.2, 0.25) is 0 Å². The van der Waals surface area contributed by atoms with Crippen LogP contribution in [0.5, 0.6) is 5.75 Å². The van der Waals surface area contributed by atoms with Crippen molar-refractivity contribution in [2.24, 2.45) is 0 Å². The Morgan fingerprint density at radius 3 is 2.45 bits per heavy atom. The van der Waals surface area contributed by atoms with Gasteiger partial charge < -0.3 is 14.0 Å². The molecule has 0 N–H and O–H groups in total. The number of hydrogen-bond donors (Lipinski definition) is 0. The Labute approximate surface area is 219 Å². The van der Waals surface area contributed by atoms with Crippen LogP contribution in [0.2, 0.25) is 0 Å². The van der Waals surface area contributed by atoms with Crippen LogP contribution in [0, 0.1) is 19.7 Å². The van der Waals surface area contributed by atoms with E-state index in [2.05, 4.69) is 4.98 Å². The molecule has 0 unspecified atom stereocenters. The van der Waals surface area contributed by atoms with E-state index in [4.69, 9.17) is 9.47 Å². The fraction of sp³-hybridized carbons (Fsp3) is 0.185. The van der Waals surface area contributed by atoms with Crippen molar-refractivity contribution in [2.75, 3.05) is 14.2 Å². The zero-order valence-electron chi connectivity index (χ0n) is 21.0. The van der Waals surface area contributed by atoms with Gasteiger partial charge in [-0.3, -0.25) is 14.2 Å². The molecule has 3 aromatic heterocycles. The SMILES string of the molecule is COC(=O)Cn1c(=O)c2c(C)c(-c3ccc(-n4cnc(C)c4)c(OC)c3)sc2n(-c2ccc(F)cc2)c1=O. The Morgan fingerprint density at radius 1 is 1.08 bits per heavy atom. The largest absolute Gasteiger partial charge is 0.495 e. The van der Waals surface area contributed by atoms with E-state index in [-0.39, 0.29) is 5.39 Å². The number of nitrogens with zero attached hydrogens (tertiary/aromatic N) is 4. The molecule has 0 saturated carbocycles. The molecule has 0 aliphatic heterocycles. The Bertz CT molecular complexity index is 1810. The first-order valence-corrected chi connectivity index (χ1v) is 12.4. The van der Waals surface area contributed by atoms with Crippen molar-refractivity contribution in [3.8, 4) is 27.6 Å². The lowest BCUT2D eigenvalue weighted by atomic mass is 10.1. The fourth-order valence-corrected chi connectivity index (χ4v) is 5.66. The first kappa shape index (κ1) is 25.2. The first-order chi connectivity index (χ1) is 18.2. The fourth-order valence-electron chi connectivity index (χ4n) is 4.35. The summed E-state index contributed by atoms with van der Waals surface area (Å²) in [6, 6.07) is 11.0. The summed E-state index contributed by atoms with van der Waals surface area (Å²) < 4.78 is 28.0. The number of imidazole rings is 1. The van der Waals surface area contributed by atoms with E-state index in [9.17, 15) is 18.8 Å². The predicted molar refractivity (Wildman–Crippen MR) is 142 cm³/mol. The van der Waals surface area contributed by atoms with Gasteiger partial charge >= 0.3 is 11.7 Å². The lowest BCUT2D eigenvalue weighted by molar-refractivity contribution is -0.141. The number of esters is 1. The van der Waals surface area contributed by atoms with Gasteiger partial charge in [0.05, 0.1) is 43.0 Å². The highest BCUT2D eigenvalue weighted by atomic mass is 32.1. The molecule has 5 rings (SSSR count). The number of benzene rings is 2. The molecule has 5 aromatic rings. The number of carbonyl (C=O) groups excluding carboxylic acids is 1. The number of fused-ring (bicyclic) bond motifs is 1. The van der Waals surface area contributed by atoms with Crippen molar-refractivity contribution < 1.29 is 18.7 Å². The lowest BCUT2D eigenvalue weighted by Crippen LogP contribution is -2.41. The summed E-state index contributed by atoms with van der Waals surface area (Å²) in [5, 5.41) is 0.283. The lowest BCUT2D eigenvalue weighted by Gasteiger charge is -2.11. The third-order valence-corrected chi connectivity index (χ3v) is 7.57. The molecule has 2 aromatic carbocycles. The number of methoxy groups -OCH3 is 2. The van der Waals surface area contributed by atoms with Crippen molar-refractivity contribution in [2.45, 2.75) is 20.4 Å². The number of halogens is 1. The second-order valence-corrected chi connectivity index (χ2v) is 9.61. The van der Waals surface area contributed by atoms with Crippen LogP contribution in [0.25, 0.3) is 32.0 Å². The van der Waals surface area contributed by atoms with Gasteiger partial charge in [-0.15, -0.1) is 11.3 Å². The number of ether oxygens (including phenoxy) is 2. The molecule has 0 radical (unpaired) electrons. The number of aryl methyl sites for hydroxylation is 2. The number of rotatable bonds is 6. The molecule has 0 spiro atoms. The summed E-state index contributed by atoms with van der Waals surface area (Å²) in [5.74, 6) is -0.614. The van der Waals surface area contributed by atoms with Gasteiger partial charge in [-0.05, 0) is 61.4 Å². The van der Waals surface area contributed by atoms with Gasteiger partial charge in [-0.25, -0.2) is 18.7 Å². The maximum atomic E-state index is 13.7. The molecule has 3 heterocycles. The average molecular weight is 535 g/mol. The topological polar surface area (TPSA) is 97.3 Å². The molecule has 194 valence electrons. The van der Waals surface area contributed by atoms with Gasteiger partial charge in [0.1, 0.15) is 22.9 Å². The highest BCUT2D eigenvalue weighted by Gasteiger charge is 2.23. The molecule has 0 aliphatic rings. The number of hydrogen-bond acceptors (Lipinski definition) is 7. The van der Waals surface area contributed by atoms with Gasteiger partial charge in [-0.1, -0.05) is 6.07 Å². The van der Waals surface area contributed by atoms with Crippen molar-refractivity contribution in [1.29, 1.82) is 0 Å². The highest BCUT2D eigenvalue weighted by Crippen LogP contribution is 2.39. The molecule has 9 nitrogen and oxygen atoms in total. The van der Waals surface area contributed by atoms with Crippen LogP contribution in [0.15, 0.2) is 64.6 Å². The van der Waals surface area contributed by atoms with Crippen LogP contribution in [0.4, 0.5) is 4.39 Å². The van der Waals surface area contributed by atoms with E-state index in [1.807, 2.05) is 35.9 Å². The first-order valence-electron chi connectivity index (χ1n) is 11.5. The average Bonchev–Trinajstić information content (AvgIpc) is 3.50. The quantitative estimate of drug-likeness (QED) is 0.306. The van der Waals surface area contributed by atoms with Crippen LogP contribution >= 0.6 is 11.3 Å². The van der Waals surface area contributed by atoms with Crippen molar-refractivity contribution in [3.63, 3.8) is 0 Å². The van der Waals surface area contributed by atoms with Crippen LogP contribution in [0.3, 0.4) is 0 Å². The Kier molecular flexibility index (Phi) is 6.45.